The number of anilines is 1. The number of hydrogen-bond acceptors (Lipinski definition) is 3. The second-order valence-electron chi connectivity index (χ2n) is 4.70. The Balaban J connectivity index is 1.74. The van der Waals surface area contributed by atoms with Gasteiger partial charge in [0.15, 0.2) is 5.58 Å². The first kappa shape index (κ1) is 12.4. The predicted octanol–water partition coefficient (Wildman–Crippen LogP) is 3.32. The topological polar surface area (TPSA) is 55.1 Å². The van der Waals surface area contributed by atoms with E-state index in [9.17, 15) is 4.79 Å². The lowest BCUT2D eigenvalue weighted by molar-refractivity contribution is -0.115. The number of hydrogen-bond donors (Lipinski definition) is 1. The average molecular weight is 266 g/mol. The van der Waals surface area contributed by atoms with E-state index >= 15 is 0 Å². The summed E-state index contributed by atoms with van der Waals surface area (Å²) in [6.45, 7) is 1.98. The van der Waals surface area contributed by atoms with Crippen molar-refractivity contribution >= 4 is 23.0 Å². The van der Waals surface area contributed by atoms with Gasteiger partial charge in [0.2, 0.25) is 5.91 Å². The number of aromatic nitrogens is 1. The Morgan fingerprint density at radius 3 is 2.80 bits per heavy atom. The van der Waals surface area contributed by atoms with Crippen molar-refractivity contribution in [3.05, 3.63) is 59.7 Å². The number of fused-ring (bicyclic) bond motifs is 1. The molecule has 2 aromatic carbocycles. The maximum absolute atomic E-state index is 11.9. The van der Waals surface area contributed by atoms with Gasteiger partial charge < -0.3 is 4.42 Å². The van der Waals surface area contributed by atoms with Crippen molar-refractivity contribution < 1.29 is 9.21 Å². The number of nitrogens with one attached hydrogen (secondary N) is 1. The minimum atomic E-state index is -0.139. The van der Waals surface area contributed by atoms with Crippen LogP contribution in [0.3, 0.4) is 0 Å². The summed E-state index contributed by atoms with van der Waals surface area (Å²) in [7, 11) is 0. The van der Waals surface area contributed by atoms with Crippen molar-refractivity contribution in [2.45, 2.75) is 13.3 Å². The van der Waals surface area contributed by atoms with Gasteiger partial charge in [-0.25, -0.2) is 0 Å². The highest BCUT2D eigenvalue weighted by atomic mass is 16.4. The van der Waals surface area contributed by atoms with Gasteiger partial charge >= 0.3 is 6.01 Å². The summed E-state index contributed by atoms with van der Waals surface area (Å²) in [6.07, 6.45) is 0.304. The molecule has 4 nitrogen and oxygen atoms in total. The molecule has 1 N–H and O–H groups in total. The Labute approximate surface area is 116 Å². The summed E-state index contributed by atoms with van der Waals surface area (Å²) in [5.41, 5.74) is 3.47. The van der Waals surface area contributed by atoms with E-state index in [4.69, 9.17) is 4.42 Å². The first-order valence-electron chi connectivity index (χ1n) is 6.42. The number of carbonyl (C=O) groups is 1. The normalized spacial score (nSPS) is 10.7. The molecule has 100 valence electrons. The van der Waals surface area contributed by atoms with Crippen LogP contribution < -0.4 is 5.32 Å². The number of rotatable bonds is 3. The molecule has 20 heavy (non-hydrogen) atoms. The number of oxazole rings is 1. The van der Waals surface area contributed by atoms with Crippen LogP contribution in [-0.4, -0.2) is 10.9 Å². The molecule has 4 heteroatoms. The van der Waals surface area contributed by atoms with Crippen LogP contribution >= 0.6 is 0 Å². The third-order valence-electron chi connectivity index (χ3n) is 3.00. The lowest BCUT2D eigenvalue weighted by Gasteiger charge is -2.00. The third kappa shape index (κ3) is 2.69. The van der Waals surface area contributed by atoms with Crippen molar-refractivity contribution in [2.24, 2.45) is 0 Å². The fourth-order valence-corrected chi connectivity index (χ4v) is 2.03. The molecule has 0 aliphatic carbocycles. The van der Waals surface area contributed by atoms with E-state index in [1.807, 2.05) is 55.5 Å². The van der Waals surface area contributed by atoms with Crippen LogP contribution in [0.5, 0.6) is 0 Å². The summed E-state index contributed by atoms with van der Waals surface area (Å²) in [4.78, 5) is 16.2. The molecule has 0 aliphatic rings. The van der Waals surface area contributed by atoms with Gasteiger partial charge in [-0.05, 0) is 30.2 Å². The van der Waals surface area contributed by atoms with Crippen LogP contribution in [0.2, 0.25) is 0 Å². The van der Waals surface area contributed by atoms with Gasteiger partial charge in [0, 0.05) is 0 Å². The van der Waals surface area contributed by atoms with E-state index in [0.717, 1.165) is 16.6 Å². The maximum atomic E-state index is 11.9. The number of benzene rings is 2. The van der Waals surface area contributed by atoms with Crippen molar-refractivity contribution in [1.82, 2.24) is 4.98 Å². The van der Waals surface area contributed by atoms with E-state index in [1.54, 1.807) is 0 Å². The summed E-state index contributed by atoms with van der Waals surface area (Å²) in [6, 6.07) is 15.5. The summed E-state index contributed by atoms with van der Waals surface area (Å²) in [5.74, 6) is -0.139. The zero-order valence-corrected chi connectivity index (χ0v) is 11.1. The van der Waals surface area contributed by atoms with Gasteiger partial charge in [0.05, 0.1) is 6.42 Å². The zero-order valence-electron chi connectivity index (χ0n) is 11.1. The molecular formula is C16H14N2O2. The summed E-state index contributed by atoms with van der Waals surface area (Å²) < 4.78 is 5.51. The molecule has 1 heterocycles. The van der Waals surface area contributed by atoms with Crippen LogP contribution in [0, 0.1) is 6.92 Å². The quantitative estimate of drug-likeness (QED) is 0.791. The van der Waals surface area contributed by atoms with E-state index < -0.39 is 0 Å². The molecule has 0 bridgehead atoms. The van der Waals surface area contributed by atoms with E-state index in [-0.39, 0.29) is 11.9 Å². The summed E-state index contributed by atoms with van der Waals surface area (Å²) >= 11 is 0. The molecule has 0 unspecified atom stereocenters. The Bertz CT molecular complexity index is 748. The lowest BCUT2D eigenvalue weighted by atomic mass is 10.1. The highest BCUT2D eigenvalue weighted by Crippen LogP contribution is 2.20. The fraction of sp³-hybridized carbons (Fsp3) is 0.125. The smallest absolute Gasteiger partial charge is 0.302 e. The molecule has 0 saturated heterocycles. The van der Waals surface area contributed by atoms with Gasteiger partial charge in [-0.2, -0.15) is 4.98 Å². The van der Waals surface area contributed by atoms with E-state index in [2.05, 4.69) is 10.3 Å². The van der Waals surface area contributed by atoms with Gasteiger partial charge in [0.25, 0.3) is 0 Å². The highest BCUT2D eigenvalue weighted by molar-refractivity contribution is 5.91. The maximum Gasteiger partial charge on any atom is 0.302 e. The van der Waals surface area contributed by atoms with Crippen LogP contribution in [0.15, 0.2) is 52.9 Å². The van der Waals surface area contributed by atoms with Crippen molar-refractivity contribution in [2.75, 3.05) is 5.32 Å². The molecule has 0 saturated carbocycles. The standard InChI is InChI=1S/C16H14N2O2/c1-11-7-8-13-14(9-11)20-16(17-13)18-15(19)10-12-5-3-2-4-6-12/h2-9H,10H2,1H3,(H,17,18,19). The Hall–Kier alpha value is -2.62. The molecule has 0 spiro atoms. The van der Waals surface area contributed by atoms with Crippen molar-refractivity contribution in [3.63, 3.8) is 0 Å². The molecule has 0 radical (unpaired) electrons. The van der Waals surface area contributed by atoms with Gasteiger partial charge in [-0.15, -0.1) is 0 Å². The Kier molecular flexibility index (Phi) is 3.21. The largest absolute Gasteiger partial charge is 0.423 e. The number of nitrogens with zero attached hydrogens (tertiary/aromatic N) is 1. The second-order valence-corrected chi connectivity index (χ2v) is 4.70. The Morgan fingerprint density at radius 1 is 1.20 bits per heavy atom. The molecule has 1 aromatic heterocycles. The molecule has 0 aliphatic heterocycles. The van der Waals surface area contributed by atoms with E-state index in [0.29, 0.717) is 12.0 Å². The molecule has 3 rings (SSSR count). The number of carbonyl (C=O) groups excluding carboxylic acids is 1. The molecule has 0 atom stereocenters. The van der Waals surface area contributed by atoms with E-state index in [1.165, 1.54) is 0 Å². The summed E-state index contributed by atoms with van der Waals surface area (Å²) in [5, 5.41) is 2.68. The van der Waals surface area contributed by atoms with Crippen molar-refractivity contribution in [1.29, 1.82) is 0 Å². The number of aryl methyl sites for hydroxylation is 1. The first-order valence-corrected chi connectivity index (χ1v) is 6.42. The SMILES string of the molecule is Cc1ccc2nc(NC(=O)Cc3ccccc3)oc2c1. The van der Waals surface area contributed by atoms with Crippen LogP contribution in [0.25, 0.3) is 11.1 Å². The predicted molar refractivity (Wildman–Crippen MR) is 77.5 cm³/mol. The molecule has 0 fully saturated rings. The van der Waals surface area contributed by atoms with Gasteiger partial charge in [-0.1, -0.05) is 36.4 Å². The van der Waals surface area contributed by atoms with Crippen molar-refractivity contribution in [3.8, 4) is 0 Å². The number of amides is 1. The van der Waals surface area contributed by atoms with Crippen LogP contribution in [0.1, 0.15) is 11.1 Å². The molecular weight excluding hydrogens is 252 g/mol. The minimum absolute atomic E-state index is 0.139. The van der Waals surface area contributed by atoms with Crippen LogP contribution in [0.4, 0.5) is 6.01 Å². The lowest BCUT2D eigenvalue weighted by Crippen LogP contribution is -2.14. The molecule has 3 aromatic rings. The third-order valence-corrected chi connectivity index (χ3v) is 3.00. The Morgan fingerprint density at radius 2 is 2.00 bits per heavy atom. The van der Waals surface area contributed by atoms with Gasteiger partial charge in [-0.3, -0.25) is 10.1 Å². The fourth-order valence-electron chi connectivity index (χ4n) is 2.03. The average Bonchev–Trinajstić information content (AvgIpc) is 2.80. The molecule has 1 amide bonds. The van der Waals surface area contributed by atoms with Crippen LogP contribution in [-0.2, 0) is 11.2 Å². The monoisotopic (exact) mass is 266 g/mol. The van der Waals surface area contributed by atoms with Gasteiger partial charge in [0.1, 0.15) is 5.52 Å². The minimum Gasteiger partial charge on any atom is -0.423 e. The second kappa shape index (κ2) is 5.17. The first-order chi connectivity index (χ1) is 9.70. The zero-order chi connectivity index (χ0) is 13.9. The highest BCUT2D eigenvalue weighted by Gasteiger charge is 2.09.